The van der Waals surface area contributed by atoms with Gasteiger partial charge in [-0.05, 0) is 89.0 Å². The van der Waals surface area contributed by atoms with Crippen molar-refractivity contribution in [3.05, 3.63) is 146 Å². The molecule has 0 saturated heterocycles. The largest absolute Gasteiger partial charge is 0.555 e. The van der Waals surface area contributed by atoms with Crippen LogP contribution in [0.15, 0.2) is 146 Å². The van der Waals surface area contributed by atoms with Crippen molar-refractivity contribution in [1.29, 1.82) is 0 Å². The van der Waals surface area contributed by atoms with E-state index in [1.165, 1.54) is 231 Å². The van der Waals surface area contributed by atoms with Crippen LogP contribution in [0, 0.1) is 0 Å². The lowest BCUT2D eigenvalue weighted by molar-refractivity contribution is -0.967. The zero-order valence-corrected chi connectivity index (χ0v) is 41.7. The van der Waals surface area contributed by atoms with Gasteiger partial charge in [0.05, 0.1) is 101 Å². The van der Waals surface area contributed by atoms with Gasteiger partial charge in [-0.15, -0.1) is 0 Å². The standard InChI is InChI=1S/C69H24N12/c1-7-28-19-40-34-13-14-36-42-21-30-9-3-26-5-11-32-23-44-38-17-18-39-45-24-33-12-6-27-4-10-31-22-43-37-16-15-35-41-20-29-8-2-25(1)46-49(28)70(40)67(71(41)50(29)46)76-55(34)57(36)78-63-61(76)62-64-66-65(63)80(68(78)72(42)51(30)47(26)52(32)73(44)68)59(38)60(39)81(66)69(79(64)58(37)56(35)77(62)67)74(43)53(31)48(27)54(33)75(45)69/h1-24H/q+6. The molecule has 12 aliphatic heterocycles. The second kappa shape index (κ2) is 8.57. The third-order valence-electron chi connectivity index (χ3n) is 23.9. The fourth-order valence-corrected chi connectivity index (χ4v) is 22.0. The summed E-state index contributed by atoms with van der Waals surface area (Å²) in [6.07, 6.45) is 0. The topological polar surface area (TPSA) is 52.9 Å². The summed E-state index contributed by atoms with van der Waals surface area (Å²) in [6.45, 7) is 0. The molecule has 0 saturated carbocycles. The van der Waals surface area contributed by atoms with Crippen LogP contribution in [0.25, 0.3) is 231 Å². The summed E-state index contributed by atoms with van der Waals surface area (Å²) in [5.41, 5.74) is 38.9. The monoisotopic (exact) mass is 1020 g/mol. The van der Waals surface area contributed by atoms with Crippen molar-refractivity contribution in [2.24, 2.45) is 0 Å². The van der Waals surface area contributed by atoms with Gasteiger partial charge >= 0.3 is 50.8 Å². The van der Waals surface area contributed by atoms with Gasteiger partial charge in [0.15, 0.2) is 0 Å². The highest BCUT2D eigenvalue weighted by Gasteiger charge is 2.86. The van der Waals surface area contributed by atoms with E-state index in [0.29, 0.717) is 0 Å². The van der Waals surface area contributed by atoms with Crippen molar-refractivity contribution in [3.63, 3.8) is 0 Å². The summed E-state index contributed by atoms with van der Waals surface area (Å²) in [4.78, 5) is 0. The molecule has 31 rings (SSSR count). The van der Waals surface area contributed by atoms with E-state index in [1.807, 2.05) is 0 Å². The van der Waals surface area contributed by atoms with Crippen molar-refractivity contribution in [1.82, 2.24) is 27.4 Å². The van der Waals surface area contributed by atoms with Crippen molar-refractivity contribution < 1.29 is 27.4 Å². The Morgan fingerprint density at radius 2 is 0.370 bits per heavy atom. The predicted octanol–water partition coefficient (Wildman–Crippen LogP) is 9.92. The molecule has 19 aromatic rings. The zero-order chi connectivity index (χ0) is 49.6. The van der Waals surface area contributed by atoms with E-state index in [0.717, 1.165) is 0 Å². The minimum absolute atomic E-state index is 0.911. The van der Waals surface area contributed by atoms with Crippen LogP contribution in [0.2, 0.25) is 0 Å². The summed E-state index contributed by atoms with van der Waals surface area (Å²) >= 11 is 0. The molecule has 0 aliphatic carbocycles. The fraction of sp³-hybridized carbons (Fsp3) is 0.0435. The molecule has 0 unspecified atom stereocenters. The van der Waals surface area contributed by atoms with Crippen LogP contribution in [-0.4, -0.2) is 27.4 Å². The number of nitrogens with zero attached hydrogens (tertiary/aromatic N) is 12. The van der Waals surface area contributed by atoms with E-state index in [-0.39, 0.29) is 0 Å². The molecule has 12 heteroatoms. The van der Waals surface area contributed by atoms with E-state index in [4.69, 9.17) is 0 Å². The molecule has 0 radical (unpaired) electrons. The van der Waals surface area contributed by atoms with Crippen molar-refractivity contribution in [2.45, 2.75) is 17.7 Å². The van der Waals surface area contributed by atoms with E-state index in [9.17, 15) is 0 Å². The van der Waals surface area contributed by atoms with Crippen LogP contribution in [0.1, 0.15) is 0 Å². The van der Waals surface area contributed by atoms with Gasteiger partial charge in [0.1, 0.15) is 0 Å². The Morgan fingerprint density at radius 3 is 0.556 bits per heavy atom. The number of hydrogen-bond acceptors (Lipinski definition) is 0. The fourth-order valence-electron chi connectivity index (χ4n) is 22.0. The molecule has 0 bridgehead atoms. The van der Waals surface area contributed by atoms with Crippen LogP contribution in [0.3, 0.4) is 0 Å². The first kappa shape index (κ1) is 33.3. The van der Waals surface area contributed by atoms with Crippen molar-refractivity contribution in [2.75, 3.05) is 0 Å². The summed E-state index contributed by atoms with van der Waals surface area (Å²) in [5, 5.41) is 15.6. The summed E-state index contributed by atoms with van der Waals surface area (Å²) in [7, 11) is 0. The molecule has 0 N–H and O–H groups in total. The molecule has 81 heavy (non-hydrogen) atoms. The maximum atomic E-state index is 2.94. The quantitative estimate of drug-likeness (QED) is 0.0826. The van der Waals surface area contributed by atoms with Crippen LogP contribution in [0.4, 0.5) is 0 Å². The van der Waals surface area contributed by atoms with Gasteiger partial charge in [0.25, 0.3) is 33.1 Å². The van der Waals surface area contributed by atoms with Gasteiger partial charge in [-0.25, -0.2) is 0 Å². The summed E-state index contributed by atoms with van der Waals surface area (Å²) in [5.74, 6) is -2.73. The van der Waals surface area contributed by atoms with E-state index < -0.39 is 17.7 Å². The van der Waals surface area contributed by atoms with E-state index in [1.54, 1.807) is 0 Å². The van der Waals surface area contributed by atoms with Gasteiger partial charge < -0.3 is 0 Å². The van der Waals surface area contributed by atoms with Crippen LogP contribution in [-0.2, 0) is 17.7 Å². The van der Waals surface area contributed by atoms with Crippen molar-refractivity contribution in [3.8, 4) is 67.5 Å². The Kier molecular flexibility index (Phi) is 3.53. The highest BCUT2D eigenvalue weighted by atomic mass is 15.7. The Balaban J connectivity index is 1.02. The number of fused-ring (bicyclic) bond motifs is 6. The van der Waals surface area contributed by atoms with Gasteiger partial charge in [-0.1, -0.05) is 100 Å². The minimum atomic E-state index is -0.911. The molecular formula is C69H24N12+6. The smallest absolute Gasteiger partial charge is 0.197 e. The van der Waals surface area contributed by atoms with E-state index >= 15 is 0 Å². The number of rotatable bonds is 0. The molecule has 21 heterocycles. The lowest BCUT2D eigenvalue weighted by Gasteiger charge is -2.36. The molecule has 3 spiro atoms. The first-order chi connectivity index (χ1) is 40.2. The molecule has 354 valence electrons. The highest BCUT2D eigenvalue weighted by molar-refractivity contribution is 6.28. The first-order valence-corrected chi connectivity index (χ1v) is 28.7. The molecule has 0 fully saturated rings. The molecular weight excluding hydrogens is 997 g/mol. The third-order valence-corrected chi connectivity index (χ3v) is 23.9. The third kappa shape index (κ3) is 2.26. The maximum absolute atomic E-state index is 2.94. The molecule has 0 amide bonds. The molecule has 10 aromatic carbocycles. The minimum Gasteiger partial charge on any atom is -0.197 e. The molecule has 0 atom stereocenters. The Bertz CT molecular complexity index is 6180. The number of aromatic nitrogens is 12. The van der Waals surface area contributed by atoms with Gasteiger partial charge in [0, 0.05) is 48.5 Å². The SMILES string of the molecule is c1cc2c3c4c1-c1cc5ccc6ccc7cc8n9c7c6c5n1C91[n+]4c4c5c6c7c9c4[n+]1c1c-8ccc4c1[n+]9C18n9c-4cc4ccc%10ccc%11cc(n1c%11c%10c49)-c1ccc4c(c1[n+]78)[n+]6C1(n6c-2cc2ccc7ccc8cc-4n1c8c7c26)[n+]35. The Morgan fingerprint density at radius 1 is 0.198 bits per heavy atom. The van der Waals surface area contributed by atoms with Gasteiger partial charge in [-0.3, -0.25) is 0 Å². The van der Waals surface area contributed by atoms with Crippen LogP contribution < -0.4 is 27.4 Å². The first-order valence-electron chi connectivity index (χ1n) is 28.7. The second-order valence-corrected chi connectivity index (χ2v) is 26.0. The van der Waals surface area contributed by atoms with Crippen LogP contribution in [0.5, 0.6) is 0 Å². The van der Waals surface area contributed by atoms with Gasteiger partial charge in [-0.2, -0.15) is 27.4 Å². The highest BCUT2D eigenvalue weighted by Crippen LogP contribution is 2.63. The number of benzene rings is 10. The predicted molar refractivity (Wildman–Crippen MR) is 304 cm³/mol. The normalized spacial score (nSPS) is 21.5. The molecule has 12 aliphatic rings. The van der Waals surface area contributed by atoms with Crippen molar-refractivity contribution >= 4 is 164 Å². The summed E-state index contributed by atoms with van der Waals surface area (Å²) < 4.78 is 34.7. The Labute approximate surface area is 447 Å². The average molecular weight is 1020 g/mol. The van der Waals surface area contributed by atoms with E-state index in [2.05, 4.69) is 200 Å². The molecule has 12 nitrogen and oxygen atoms in total. The second-order valence-electron chi connectivity index (χ2n) is 26.0. The lowest BCUT2D eigenvalue weighted by Crippen LogP contribution is -2.83. The molecule has 9 aromatic heterocycles. The number of hydrogen-bond donors (Lipinski definition) is 0. The average Bonchev–Trinajstić information content (AvgIpc) is 1.75. The lowest BCUT2D eigenvalue weighted by atomic mass is 9.96. The van der Waals surface area contributed by atoms with Crippen LogP contribution >= 0.6 is 0 Å². The maximum Gasteiger partial charge on any atom is 0.555 e. The zero-order valence-electron chi connectivity index (χ0n) is 41.7. The summed E-state index contributed by atoms with van der Waals surface area (Å²) in [6, 6.07) is 59.2. The van der Waals surface area contributed by atoms with Gasteiger partial charge in [0.2, 0.25) is 0 Å². The Hall–Kier alpha value is -11.0.